The van der Waals surface area contributed by atoms with Gasteiger partial charge in [0.05, 0.1) is 12.0 Å². The van der Waals surface area contributed by atoms with Gasteiger partial charge in [0.1, 0.15) is 0 Å². The van der Waals surface area contributed by atoms with E-state index in [2.05, 4.69) is 28.5 Å². The molecule has 1 aromatic heterocycles. The smallest absolute Gasteiger partial charge is 0.0669 e. The molecule has 2 aromatic rings. The van der Waals surface area contributed by atoms with Gasteiger partial charge in [0.2, 0.25) is 0 Å². The van der Waals surface area contributed by atoms with E-state index in [0.717, 1.165) is 25.0 Å². The molecular weight excluding hydrogens is 210 g/mol. The third kappa shape index (κ3) is 2.66. The quantitative estimate of drug-likeness (QED) is 0.825. The second-order valence-corrected chi connectivity index (χ2v) is 4.22. The molecule has 3 nitrogen and oxygen atoms in total. The number of hydrogen-bond donors (Lipinski definition) is 2. The molecule has 0 aliphatic carbocycles. The molecule has 0 fully saturated rings. The van der Waals surface area contributed by atoms with Gasteiger partial charge in [-0.3, -0.25) is 0 Å². The Bertz CT molecular complexity index is 521. The molecule has 0 saturated carbocycles. The van der Waals surface area contributed by atoms with Gasteiger partial charge in [-0.1, -0.05) is 25.1 Å². The van der Waals surface area contributed by atoms with E-state index in [4.69, 9.17) is 5.26 Å². The third-order valence-corrected chi connectivity index (χ3v) is 3.06. The van der Waals surface area contributed by atoms with E-state index in [-0.39, 0.29) is 5.92 Å². The lowest BCUT2D eigenvalue weighted by Crippen LogP contribution is -2.20. The molecule has 1 heterocycles. The van der Waals surface area contributed by atoms with Gasteiger partial charge in [-0.2, -0.15) is 5.26 Å². The minimum absolute atomic E-state index is 0.111. The molecule has 2 rings (SSSR count). The Hall–Kier alpha value is -1.79. The first-order chi connectivity index (χ1) is 8.35. The van der Waals surface area contributed by atoms with Gasteiger partial charge >= 0.3 is 0 Å². The van der Waals surface area contributed by atoms with Crippen molar-refractivity contribution >= 4 is 10.9 Å². The zero-order valence-electron chi connectivity index (χ0n) is 10.0. The van der Waals surface area contributed by atoms with Crippen LogP contribution in [0.1, 0.15) is 18.9 Å². The van der Waals surface area contributed by atoms with Crippen LogP contribution >= 0.6 is 0 Å². The summed E-state index contributed by atoms with van der Waals surface area (Å²) in [6.07, 6.45) is 2.93. The fourth-order valence-electron chi connectivity index (χ4n) is 1.94. The van der Waals surface area contributed by atoms with Crippen molar-refractivity contribution in [3.8, 4) is 6.07 Å². The molecule has 0 aliphatic rings. The summed E-state index contributed by atoms with van der Waals surface area (Å²) >= 11 is 0. The Morgan fingerprint density at radius 3 is 3.00 bits per heavy atom. The summed E-state index contributed by atoms with van der Waals surface area (Å²) in [4.78, 5) is 3.25. The van der Waals surface area contributed by atoms with Crippen LogP contribution in [0.15, 0.2) is 30.5 Å². The van der Waals surface area contributed by atoms with Crippen LogP contribution in [0, 0.1) is 17.2 Å². The molecule has 17 heavy (non-hydrogen) atoms. The number of nitrogens with zero attached hydrogens (tertiary/aromatic N) is 1. The van der Waals surface area contributed by atoms with Crippen LogP contribution < -0.4 is 5.32 Å². The topological polar surface area (TPSA) is 51.6 Å². The van der Waals surface area contributed by atoms with E-state index in [0.29, 0.717) is 0 Å². The van der Waals surface area contributed by atoms with Crippen LogP contribution in [0.25, 0.3) is 10.9 Å². The van der Waals surface area contributed by atoms with Gasteiger partial charge in [0, 0.05) is 30.2 Å². The molecule has 88 valence electrons. The van der Waals surface area contributed by atoms with E-state index in [1.54, 1.807) is 0 Å². The Morgan fingerprint density at radius 2 is 2.24 bits per heavy atom. The van der Waals surface area contributed by atoms with Crippen molar-refractivity contribution in [1.29, 1.82) is 5.26 Å². The summed E-state index contributed by atoms with van der Waals surface area (Å²) in [5, 5.41) is 13.5. The number of aromatic nitrogens is 1. The monoisotopic (exact) mass is 227 g/mol. The van der Waals surface area contributed by atoms with E-state index < -0.39 is 0 Å². The van der Waals surface area contributed by atoms with Crippen LogP contribution in [-0.4, -0.2) is 11.5 Å². The Labute approximate surface area is 101 Å². The maximum Gasteiger partial charge on any atom is 0.0669 e. The first kappa shape index (κ1) is 11.7. The predicted molar refractivity (Wildman–Crippen MR) is 69.4 cm³/mol. The molecule has 1 unspecified atom stereocenters. The SMILES string of the molecule is CCC(C#N)CNCc1c[nH]c2ccccc12. The molecule has 0 bridgehead atoms. The fraction of sp³-hybridized carbons (Fsp3) is 0.357. The fourth-order valence-corrected chi connectivity index (χ4v) is 1.94. The minimum atomic E-state index is 0.111. The van der Waals surface area contributed by atoms with Crippen LogP contribution in [0.4, 0.5) is 0 Å². The van der Waals surface area contributed by atoms with Gasteiger partial charge in [-0.15, -0.1) is 0 Å². The maximum absolute atomic E-state index is 8.86. The number of para-hydroxylation sites is 1. The molecular formula is C14H17N3. The standard InChI is InChI=1S/C14H17N3/c1-2-11(7-15)8-16-9-12-10-17-14-6-4-3-5-13(12)14/h3-6,10-11,16-17H,2,8-9H2,1H3. The van der Waals surface area contributed by atoms with Gasteiger partial charge in [-0.25, -0.2) is 0 Å². The van der Waals surface area contributed by atoms with Gasteiger partial charge in [0.25, 0.3) is 0 Å². The minimum Gasteiger partial charge on any atom is -0.361 e. The van der Waals surface area contributed by atoms with Gasteiger partial charge in [0.15, 0.2) is 0 Å². The van der Waals surface area contributed by atoms with Crippen molar-refractivity contribution in [1.82, 2.24) is 10.3 Å². The highest BCUT2D eigenvalue weighted by atomic mass is 14.9. The summed E-state index contributed by atoms with van der Waals surface area (Å²) in [6, 6.07) is 10.6. The Kier molecular flexibility index (Phi) is 3.79. The Balaban J connectivity index is 1.98. The number of fused-ring (bicyclic) bond motifs is 1. The number of aromatic amines is 1. The van der Waals surface area contributed by atoms with Gasteiger partial charge < -0.3 is 10.3 Å². The molecule has 1 atom stereocenters. The number of hydrogen-bond acceptors (Lipinski definition) is 2. The van der Waals surface area contributed by atoms with E-state index in [1.165, 1.54) is 10.9 Å². The highest BCUT2D eigenvalue weighted by Gasteiger charge is 2.05. The number of rotatable bonds is 5. The lowest BCUT2D eigenvalue weighted by molar-refractivity contribution is 0.554. The van der Waals surface area contributed by atoms with Crippen molar-refractivity contribution in [2.75, 3.05) is 6.54 Å². The highest BCUT2D eigenvalue weighted by molar-refractivity contribution is 5.82. The van der Waals surface area contributed by atoms with E-state index in [9.17, 15) is 0 Å². The van der Waals surface area contributed by atoms with Crippen LogP contribution in [-0.2, 0) is 6.54 Å². The zero-order chi connectivity index (χ0) is 12.1. The first-order valence-corrected chi connectivity index (χ1v) is 6.00. The molecule has 2 N–H and O–H groups in total. The molecule has 0 saturated heterocycles. The van der Waals surface area contributed by atoms with Crippen LogP contribution in [0.5, 0.6) is 0 Å². The Morgan fingerprint density at radius 1 is 1.41 bits per heavy atom. The number of benzene rings is 1. The maximum atomic E-state index is 8.86. The largest absolute Gasteiger partial charge is 0.361 e. The lowest BCUT2D eigenvalue weighted by atomic mass is 10.1. The summed E-state index contributed by atoms with van der Waals surface area (Å²) in [7, 11) is 0. The number of nitrogens with one attached hydrogen (secondary N) is 2. The van der Waals surface area contributed by atoms with Crippen molar-refractivity contribution in [3.63, 3.8) is 0 Å². The average Bonchev–Trinajstić information content (AvgIpc) is 2.78. The second kappa shape index (κ2) is 5.51. The summed E-state index contributed by atoms with van der Waals surface area (Å²) in [5.41, 5.74) is 2.42. The molecule has 1 aromatic carbocycles. The molecule has 3 heteroatoms. The number of nitriles is 1. The third-order valence-electron chi connectivity index (χ3n) is 3.06. The first-order valence-electron chi connectivity index (χ1n) is 6.00. The summed E-state index contributed by atoms with van der Waals surface area (Å²) in [6.45, 7) is 3.61. The molecule has 0 amide bonds. The molecule has 0 radical (unpaired) electrons. The lowest BCUT2D eigenvalue weighted by Gasteiger charge is -2.07. The second-order valence-electron chi connectivity index (χ2n) is 4.22. The van der Waals surface area contributed by atoms with Crippen molar-refractivity contribution < 1.29 is 0 Å². The van der Waals surface area contributed by atoms with E-state index >= 15 is 0 Å². The molecule has 0 aliphatic heterocycles. The zero-order valence-corrected chi connectivity index (χ0v) is 10.0. The highest BCUT2D eigenvalue weighted by Crippen LogP contribution is 2.17. The van der Waals surface area contributed by atoms with Crippen LogP contribution in [0.3, 0.4) is 0 Å². The molecule has 0 spiro atoms. The van der Waals surface area contributed by atoms with Gasteiger partial charge in [-0.05, 0) is 18.1 Å². The summed E-state index contributed by atoms with van der Waals surface area (Å²) in [5.74, 6) is 0.111. The van der Waals surface area contributed by atoms with Crippen molar-refractivity contribution in [2.45, 2.75) is 19.9 Å². The normalized spacial score (nSPS) is 12.5. The van der Waals surface area contributed by atoms with Crippen LogP contribution in [0.2, 0.25) is 0 Å². The summed E-state index contributed by atoms with van der Waals surface area (Å²) < 4.78 is 0. The average molecular weight is 227 g/mol. The van der Waals surface area contributed by atoms with Crippen molar-refractivity contribution in [2.24, 2.45) is 5.92 Å². The number of H-pyrrole nitrogens is 1. The predicted octanol–water partition coefficient (Wildman–Crippen LogP) is 2.81. The van der Waals surface area contributed by atoms with E-state index in [1.807, 2.05) is 25.3 Å². The van der Waals surface area contributed by atoms with Crippen molar-refractivity contribution in [3.05, 3.63) is 36.0 Å².